The van der Waals surface area contributed by atoms with Crippen LogP contribution in [0.2, 0.25) is 0 Å². The maximum Gasteiger partial charge on any atom is 0.261 e. The van der Waals surface area contributed by atoms with Gasteiger partial charge in [-0.2, -0.15) is 0 Å². The van der Waals surface area contributed by atoms with Crippen molar-refractivity contribution in [3.05, 3.63) is 93.8 Å². The number of hydrogen-bond donors (Lipinski definition) is 2. The summed E-state index contributed by atoms with van der Waals surface area (Å²) in [4.78, 5) is 28.0. The molecule has 0 saturated heterocycles. The van der Waals surface area contributed by atoms with Crippen molar-refractivity contribution in [2.75, 3.05) is 0 Å². The standard InChI is InChI=1S/C25H26N2O2/c1-17-6-5-9-20(16-17)23-15-14-22(25(29)27-23)24(28)26-21-12-10-19(11-13-21)18-7-3-2-4-8-18/h2-9,14-16,19,21H,10-13H2,1H3,(H,26,28)(H,27,29). The van der Waals surface area contributed by atoms with E-state index < -0.39 is 0 Å². The van der Waals surface area contributed by atoms with Gasteiger partial charge in [-0.25, -0.2) is 0 Å². The molecule has 3 aromatic rings. The molecule has 0 spiro atoms. The second-order valence-corrected chi connectivity index (χ2v) is 7.92. The van der Waals surface area contributed by atoms with Crippen molar-refractivity contribution in [1.82, 2.24) is 10.3 Å². The van der Waals surface area contributed by atoms with Crippen molar-refractivity contribution in [2.24, 2.45) is 0 Å². The summed E-state index contributed by atoms with van der Waals surface area (Å²) in [6, 6.07) is 22.0. The number of carbonyl (C=O) groups excluding carboxylic acids is 1. The van der Waals surface area contributed by atoms with Crippen molar-refractivity contribution in [2.45, 2.75) is 44.6 Å². The predicted molar refractivity (Wildman–Crippen MR) is 116 cm³/mol. The van der Waals surface area contributed by atoms with Gasteiger partial charge in [-0.15, -0.1) is 0 Å². The molecule has 4 heteroatoms. The van der Waals surface area contributed by atoms with E-state index in [4.69, 9.17) is 0 Å². The minimum atomic E-state index is -0.348. The van der Waals surface area contributed by atoms with Gasteiger partial charge in [-0.05, 0) is 67.9 Å². The lowest BCUT2D eigenvalue weighted by molar-refractivity contribution is 0.0924. The minimum absolute atomic E-state index is 0.123. The number of aryl methyl sites for hydroxylation is 1. The largest absolute Gasteiger partial charge is 0.349 e. The molecule has 0 unspecified atom stereocenters. The van der Waals surface area contributed by atoms with Gasteiger partial charge in [0.2, 0.25) is 0 Å². The predicted octanol–water partition coefficient (Wildman–Crippen LogP) is 4.81. The Labute approximate surface area is 171 Å². The molecule has 1 amide bonds. The number of aromatic amines is 1. The van der Waals surface area contributed by atoms with Gasteiger partial charge in [0.05, 0.1) is 0 Å². The second kappa shape index (κ2) is 8.48. The molecule has 1 aliphatic rings. The number of nitrogens with one attached hydrogen (secondary N) is 2. The molecule has 1 aromatic heterocycles. The Morgan fingerprint density at radius 1 is 0.931 bits per heavy atom. The molecule has 1 heterocycles. The Morgan fingerprint density at radius 2 is 1.69 bits per heavy atom. The van der Waals surface area contributed by atoms with Crippen LogP contribution >= 0.6 is 0 Å². The molecule has 0 bridgehead atoms. The fourth-order valence-corrected chi connectivity index (χ4v) is 4.19. The first-order chi connectivity index (χ1) is 14.1. The van der Waals surface area contributed by atoms with Gasteiger partial charge in [0, 0.05) is 11.7 Å². The first-order valence-corrected chi connectivity index (χ1v) is 10.3. The molecule has 1 fully saturated rings. The zero-order valence-electron chi connectivity index (χ0n) is 16.7. The minimum Gasteiger partial charge on any atom is -0.349 e. The number of H-pyrrole nitrogens is 1. The molecule has 2 N–H and O–H groups in total. The molecule has 4 rings (SSSR count). The summed E-state index contributed by atoms with van der Waals surface area (Å²) in [5.74, 6) is 0.270. The van der Waals surface area contributed by atoms with E-state index in [0.29, 0.717) is 5.92 Å². The average molecular weight is 386 g/mol. The highest BCUT2D eigenvalue weighted by molar-refractivity contribution is 5.94. The molecular weight excluding hydrogens is 360 g/mol. The number of carbonyl (C=O) groups is 1. The molecule has 29 heavy (non-hydrogen) atoms. The third-order valence-electron chi connectivity index (χ3n) is 5.82. The van der Waals surface area contributed by atoms with Crippen LogP contribution in [-0.4, -0.2) is 16.9 Å². The Balaban J connectivity index is 1.40. The lowest BCUT2D eigenvalue weighted by Gasteiger charge is -2.29. The maximum absolute atomic E-state index is 12.7. The maximum atomic E-state index is 12.7. The molecule has 0 aliphatic heterocycles. The van der Waals surface area contributed by atoms with Crippen LogP contribution in [0, 0.1) is 6.92 Å². The van der Waals surface area contributed by atoms with Gasteiger partial charge < -0.3 is 10.3 Å². The van der Waals surface area contributed by atoms with E-state index in [2.05, 4.69) is 34.6 Å². The van der Waals surface area contributed by atoms with Crippen LogP contribution < -0.4 is 10.9 Å². The van der Waals surface area contributed by atoms with Gasteiger partial charge in [-0.1, -0.05) is 54.1 Å². The summed E-state index contributed by atoms with van der Waals surface area (Å²) >= 11 is 0. The molecule has 1 aliphatic carbocycles. The Hall–Kier alpha value is -3.14. The summed E-state index contributed by atoms with van der Waals surface area (Å²) in [6.45, 7) is 2.01. The van der Waals surface area contributed by atoms with Crippen molar-refractivity contribution in [3.63, 3.8) is 0 Å². The Kier molecular flexibility index (Phi) is 5.61. The summed E-state index contributed by atoms with van der Waals surface area (Å²) in [6.07, 6.45) is 3.98. The topological polar surface area (TPSA) is 62.0 Å². The van der Waals surface area contributed by atoms with Crippen molar-refractivity contribution >= 4 is 5.91 Å². The second-order valence-electron chi connectivity index (χ2n) is 7.92. The van der Waals surface area contributed by atoms with E-state index in [1.165, 1.54) is 5.56 Å². The van der Waals surface area contributed by atoms with Gasteiger partial charge in [0.15, 0.2) is 0 Å². The number of benzene rings is 2. The first kappa shape index (κ1) is 19.2. The van der Waals surface area contributed by atoms with E-state index in [1.54, 1.807) is 12.1 Å². The fraction of sp³-hybridized carbons (Fsp3) is 0.280. The van der Waals surface area contributed by atoms with Gasteiger partial charge in [0.1, 0.15) is 5.56 Å². The zero-order valence-corrected chi connectivity index (χ0v) is 16.7. The summed E-state index contributed by atoms with van der Waals surface area (Å²) in [7, 11) is 0. The molecule has 1 saturated carbocycles. The highest BCUT2D eigenvalue weighted by atomic mass is 16.2. The van der Waals surface area contributed by atoms with E-state index >= 15 is 0 Å². The zero-order chi connectivity index (χ0) is 20.2. The van der Waals surface area contributed by atoms with Crippen LogP contribution in [0.5, 0.6) is 0 Å². The number of pyridine rings is 1. The Morgan fingerprint density at radius 3 is 2.38 bits per heavy atom. The van der Waals surface area contributed by atoms with Gasteiger partial charge in [-0.3, -0.25) is 9.59 Å². The normalized spacial score (nSPS) is 18.9. The third kappa shape index (κ3) is 4.48. The number of hydrogen-bond acceptors (Lipinski definition) is 2. The third-order valence-corrected chi connectivity index (χ3v) is 5.82. The number of rotatable bonds is 4. The Bertz CT molecular complexity index is 1050. The lowest BCUT2D eigenvalue weighted by Crippen LogP contribution is -2.39. The summed E-state index contributed by atoms with van der Waals surface area (Å²) in [5.41, 5.74) is 3.98. The van der Waals surface area contributed by atoms with E-state index in [-0.39, 0.29) is 23.1 Å². The average Bonchev–Trinajstić information content (AvgIpc) is 2.75. The molecule has 0 radical (unpaired) electrons. The van der Waals surface area contributed by atoms with Crippen LogP contribution in [0.4, 0.5) is 0 Å². The van der Waals surface area contributed by atoms with E-state index in [1.807, 2.05) is 37.3 Å². The molecule has 148 valence electrons. The van der Waals surface area contributed by atoms with Crippen molar-refractivity contribution in [1.29, 1.82) is 0 Å². The van der Waals surface area contributed by atoms with Crippen LogP contribution in [0.3, 0.4) is 0 Å². The highest BCUT2D eigenvalue weighted by Crippen LogP contribution is 2.32. The first-order valence-electron chi connectivity index (χ1n) is 10.3. The fourth-order valence-electron chi connectivity index (χ4n) is 4.19. The van der Waals surface area contributed by atoms with Crippen LogP contribution in [0.1, 0.15) is 53.1 Å². The molecule has 4 nitrogen and oxygen atoms in total. The molecule has 2 aromatic carbocycles. The quantitative estimate of drug-likeness (QED) is 0.676. The number of aromatic nitrogens is 1. The van der Waals surface area contributed by atoms with Crippen molar-refractivity contribution in [3.8, 4) is 11.3 Å². The highest BCUT2D eigenvalue weighted by Gasteiger charge is 2.24. The van der Waals surface area contributed by atoms with Crippen LogP contribution in [-0.2, 0) is 0 Å². The molecule has 0 atom stereocenters. The SMILES string of the molecule is Cc1cccc(-c2ccc(C(=O)NC3CCC(c4ccccc4)CC3)c(=O)[nH]2)c1. The number of amides is 1. The van der Waals surface area contributed by atoms with Gasteiger partial charge >= 0.3 is 0 Å². The van der Waals surface area contributed by atoms with E-state index in [0.717, 1.165) is 42.5 Å². The van der Waals surface area contributed by atoms with Crippen LogP contribution in [0.25, 0.3) is 11.3 Å². The monoisotopic (exact) mass is 386 g/mol. The smallest absolute Gasteiger partial charge is 0.261 e. The molecular formula is C25H26N2O2. The van der Waals surface area contributed by atoms with E-state index in [9.17, 15) is 9.59 Å². The summed E-state index contributed by atoms with van der Waals surface area (Å²) < 4.78 is 0. The van der Waals surface area contributed by atoms with Crippen LogP contribution in [0.15, 0.2) is 71.5 Å². The van der Waals surface area contributed by atoms with Gasteiger partial charge in [0.25, 0.3) is 11.5 Å². The lowest BCUT2D eigenvalue weighted by atomic mass is 9.82. The van der Waals surface area contributed by atoms with Crippen molar-refractivity contribution < 1.29 is 4.79 Å². The summed E-state index contributed by atoms with van der Waals surface area (Å²) in [5, 5.41) is 3.06.